The normalized spacial score (nSPS) is 10.0. The van der Waals surface area contributed by atoms with Crippen LogP contribution in [0.15, 0.2) is 36.4 Å². The van der Waals surface area contributed by atoms with Crippen molar-refractivity contribution in [2.24, 2.45) is 0 Å². The number of nitrogens with zero attached hydrogens (tertiary/aromatic N) is 1. The van der Waals surface area contributed by atoms with Gasteiger partial charge in [0.2, 0.25) is 0 Å². The van der Waals surface area contributed by atoms with Gasteiger partial charge in [-0.25, -0.2) is 0 Å². The van der Waals surface area contributed by atoms with Gasteiger partial charge in [0, 0.05) is 10.4 Å². The van der Waals surface area contributed by atoms with Crippen molar-refractivity contribution in [2.75, 3.05) is 0 Å². The number of hydrogen-bond acceptors (Lipinski definition) is 1. The zero-order valence-corrected chi connectivity index (χ0v) is 8.25. The first kappa shape index (κ1) is 9.05. The lowest BCUT2D eigenvalue weighted by Gasteiger charge is -2.04. The van der Waals surface area contributed by atoms with Crippen LogP contribution in [0.25, 0.3) is 10.8 Å². The predicted molar refractivity (Wildman–Crippen MR) is 58.3 cm³/mol. The third-order valence-corrected chi connectivity index (χ3v) is 2.52. The number of hydrogen-bond donors (Lipinski definition) is 0. The highest BCUT2D eigenvalue weighted by Crippen LogP contribution is 2.26. The molecule has 0 fully saturated rings. The Hall–Kier alpha value is -1.52. The molecule has 68 valence electrons. The third-order valence-electron chi connectivity index (χ3n) is 2.21. The molecule has 0 aliphatic heterocycles. The second-order valence-corrected chi connectivity index (χ2v) is 3.50. The van der Waals surface area contributed by atoms with Crippen molar-refractivity contribution < 1.29 is 0 Å². The fraction of sp³-hybridized carbons (Fsp3) is 0.0833. The molecule has 0 N–H and O–H groups in total. The van der Waals surface area contributed by atoms with Crippen molar-refractivity contribution in [3.8, 4) is 6.07 Å². The van der Waals surface area contributed by atoms with Crippen LogP contribution in [0.5, 0.6) is 0 Å². The molecule has 14 heavy (non-hydrogen) atoms. The molecule has 0 unspecified atom stereocenters. The predicted octanol–water partition coefficient (Wildman–Crippen LogP) is 3.56. The molecule has 0 atom stereocenters. The lowest BCUT2D eigenvalue weighted by molar-refractivity contribution is 1.29. The molecular formula is C12H8ClN. The molecule has 0 aliphatic rings. The molecule has 2 rings (SSSR count). The number of benzene rings is 2. The zero-order valence-electron chi connectivity index (χ0n) is 7.50. The van der Waals surface area contributed by atoms with Gasteiger partial charge >= 0.3 is 0 Å². The summed E-state index contributed by atoms with van der Waals surface area (Å²) in [6.45, 7) is 0. The first-order valence-corrected chi connectivity index (χ1v) is 4.74. The van der Waals surface area contributed by atoms with Crippen LogP contribution in [0, 0.1) is 11.3 Å². The summed E-state index contributed by atoms with van der Waals surface area (Å²) in [6.07, 6.45) is 0.404. The second-order valence-electron chi connectivity index (χ2n) is 3.09. The summed E-state index contributed by atoms with van der Waals surface area (Å²) in [7, 11) is 0. The number of fused-ring (bicyclic) bond motifs is 1. The van der Waals surface area contributed by atoms with Crippen LogP contribution in [-0.2, 0) is 6.42 Å². The highest BCUT2D eigenvalue weighted by molar-refractivity contribution is 6.35. The third kappa shape index (κ3) is 1.45. The molecule has 1 nitrogen and oxygen atoms in total. The molecule has 2 heteroatoms. The minimum Gasteiger partial charge on any atom is -0.198 e. The molecule has 0 saturated heterocycles. The Bertz CT molecular complexity index is 506. The maximum atomic E-state index is 8.68. The van der Waals surface area contributed by atoms with Gasteiger partial charge in [0.1, 0.15) is 0 Å². The van der Waals surface area contributed by atoms with E-state index in [2.05, 4.69) is 6.07 Å². The van der Waals surface area contributed by atoms with Crippen molar-refractivity contribution in [3.05, 3.63) is 47.0 Å². The van der Waals surface area contributed by atoms with Gasteiger partial charge in [0.05, 0.1) is 12.5 Å². The summed E-state index contributed by atoms with van der Waals surface area (Å²) >= 11 is 6.09. The Balaban J connectivity index is 2.79. The van der Waals surface area contributed by atoms with E-state index in [0.717, 1.165) is 16.3 Å². The maximum absolute atomic E-state index is 8.68. The minimum atomic E-state index is 0.404. The Kier molecular flexibility index (Phi) is 2.39. The van der Waals surface area contributed by atoms with Gasteiger partial charge in [-0.15, -0.1) is 0 Å². The molecule has 2 aromatic rings. The van der Waals surface area contributed by atoms with E-state index in [4.69, 9.17) is 16.9 Å². The second kappa shape index (κ2) is 3.69. The minimum absolute atomic E-state index is 0.404. The highest BCUT2D eigenvalue weighted by Gasteiger charge is 2.03. The Morgan fingerprint density at radius 2 is 1.86 bits per heavy atom. The van der Waals surface area contributed by atoms with Crippen LogP contribution < -0.4 is 0 Å². The molecular weight excluding hydrogens is 194 g/mol. The average molecular weight is 202 g/mol. The molecule has 0 heterocycles. The fourth-order valence-corrected chi connectivity index (χ4v) is 1.91. The number of nitriles is 1. The van der Waals surface area contributed by atoms with Crippen molar-refractivity contribution in [3.63, 3.8) is 0 Å². The molecule has 0 bridgehead atoms. The van der Waals surface area contributed by atoms with Crippen LogP contribution in [0.1, 0.15) is 5.56 Å². The van der Waals surface area contributed by atoms with Crippen LogP contribution >= 0.6 is 11.6 Å². The smallest absolute Gasteiger partial charge is 0.0669 e. The maximum Gasteiger partial charge on any atom is 0.0669 e. The van der Waals surface area contributed by atoms with E-state index in [-0.39, 0.29) is 0 Å². The standard InChI is InChI=1S/C12H8ClN/c13-11-6-2-5-9-3-1-4-10(7-8-14)12(9)11/h1-6H,7H2. The van der Waals surface area contributed by atoms with Gasteiger partial charge in [-0.2, -0.15) is 5.26 Å². The first-order chi connectivity index (χ1) is 6.83. The van der Waals surface area contributed by atoms with E-state index in [1.54, 1.807) is 0 Å². The molecule has 0 radical (unpaired) electrons. The summed E-state index contributed by atoms with van der Waals surface area (Å²) in [5.74, 6) is 0. The summed E-state index contributed by atoms with van der Waals surface area (Å²) in [4.78, 5) is 0. The topological polar surface area (TPSA) is 23.8 Å². The van der Waals surface area contributed by atoms with Gasteiger partial charge < -0.3 is 0 Å². The average Bonchev–Trinajstić information content (AvgIpc) is 2.19. The van der Waals surface area contributed by atoms with E-state index in [9.17, 15) is 0 Å². The fourth-order valence-electron chi connectivity index (χ4n) is 1.60. The van der Waals surface area contributed by atoms with Gasteiger partial charge in [0.25, 0.3) is 0 Å². The van der Waals surface area contributed by atoms with Gasteiger partial charge in [-0.1, -0.05) is 41.9 Å². The van der Waals surface area contributed by atoms with Crippen molar-refractivity contribution in [2.45, 2.75) is 6.42 Å². The molecule has 0 saturated carbocycles. The lowest BCUT2D eigenvalue weighted by atomic mass is 10.0. The molecule has 0 spiro atoms. The SMILES string of the molecule is N#CCc1cccc2cccc(Cl)c12. The summed E-state index contributed by atoms with van der Waals surface area (Å²) < 4.78 is 0. The Morgan fingerprint density at radius 3 is 2.57 bits per heavy atom. The summed E-state index contributed by atoms with van der Waals surface area (Å²) in [5, 5.41) is 11.5. The van der Waals surface area contributed by atoms with E-state index in [1.807, 2.05) is 36.4 Å². The molecule has 0 amide bonds. The van der Waals surface area contributed by atoms with E-state index in [0.29, 0.717) is 11.4 Å². The van der Waals surface area contributed by atoms with Gasteiger partial charge in [-0.05, 0) is 17.0 Å². The van der Waals surface area contributed by atoms with Gasteiger partial charge in [-0.3, -0.25) is 0 Å². The quantitative estimate of drug-likeness (QED) is 0.692. The molecule has 0 aromatic heterocycles. The number of halogens is 1. The largest absolute Gasteiger partial charge is 0.198 e. The van der Waals surface area contributed by atoms with Gasteiger partial charge in [0.15, 0.2) is 0 Å². The molecule has 0 aliphatic carbocycles. The summed E-state index contributed by atoms with van der Waals surface area (Å²) in [6, 6.07) is 13.8. The van der Waals surface area contributed by atoms with E-state index in [1.165, 1.54) is 0 Å². The van der Waals surface area contributed by atoms with Crippen LogP contribution in [0.4, 0.5) is 0 Å². The van der Waals surface area contributed by atoms with Crippen molar-refractivity contribution in [1.29, 1.82) is 5.26 Å². The van der Waals surface area contributed by atoms with Crippen LogP contribution in [-0.4, -0.2) is 0 Å². The zero-order chi connectivity index (χ0) is 9.97. The number of rotatable bonds is 1. The Labute approximate surface area is 87.5 Å². The van der Waals surface area contributed by atoms with Crippen LogP contribution in [0.2, 0.25) is 5.02 Å². The monoisotopic (exact) mass is 201 g/mol. The molecule has 2 aromatic carbocycles. The first-order valence-electron chi connectivity index (χ1n) is 4.36. The van der Waals surface area contributed by atoms with Crippen molar-refractivity contribution in [1.82, 2.24) is 0 Å². The highest BCUT2D eigenvalue weighted by atomic mass is 35.5. The summed E-state index contributed by atoms with van der Waals surface area (Å²) in [5.41, 5.74) is 0.996. The van der Waals surface area contributed by atoms with E-state index < -0.39 is 0 Å². The van der Waals surface area contributed by atoms with E-state index >= 15 is 0 Å². The lowest BCUT2D eigenvalue weighted by Crippen LogP contribution is -1.85. The van der Waals surface area contributed by atoms with Crippen LogP contribution in [0.3, 0.4) is 0 Å². The van der Waals surface area contributed by atoms with Crippen molar-refractivity contribution >= 4 is 22.4 Å². The Morgan fingerprint density at radius 1 is 1.14 bits per heavy atom.